The highest BCUT2D eigenvalue weighted by atomic mass is 19.1. The Bertz CT molecular complexity index is 468. The SMILES string of the molecule is C=C(CCNC(=O)c1ccc(F)cc1)C(=O)OCC. The van der Waals surface area contributed by atoms with Crippen molar-refractivity contribution in [3.8, 4) is 0 Å². The molecule has 0 aromatic heterocycles. The molecule has 0 heterocycles. The minimum absolute atomic E-state index is 0.272. The summed E-state index contributed by atoms with van der Waals surface area (Å²) in [5.41, 5.74) is 0.671. The predicted molar refractivity (Wildman–Crippen MR) is 69.1 cm³/mol. The van der Waals surface area contributed by atoms with E-state index in [1.54, 1.807) is 6.92 Å². The van der Waals surface area contributed by atoms with Gasteiger partial charge in [-0.15, -0.1) is 0 Å². The topological polar surface area (TPSA) is 55.4 Å². The van der Waals surface area contributed by atoms with Gasteiger partial charge in [0.2, 0.25) is 0 Å². The van der Waals surface area contributed by atoms with Gasteiger partial charge >= 0.3 is 5.97 Å². The Morgan fingerprint density at radius 1 is 1.32 bits per heavy atom. The van der Waals surface area contributed by atoms with E-state index in [0.717, 1.165) is 0 Å². The van der Waals surface area contributed by atoms with E-state index in [-0.39, 0.29) is 12.5 Å². The molecule has 19 heavy (non-hydrogen) atoms. The van der Waals surface area contributed by atoms with Crippen LogP contribution >= 0.6 is 0 Å². The summed E-state index contributed by atoms with van der Waals surface area (Å²) in [7, 11) is 0. The number of esters is 1. The number of amides is 1. The average molecular weight is 265 g/mol. The van der Waals surface area contributed by atoms with Gasteiger partial charge in [0.05, 0.1) is 6.61 Å². The van der Waals surface area contributed by atoms with Crippen molar-refractivity contribution in [1.82, 2.24) is 5.32 Å². The highest BCUT2D eigenvalue weighted by molar-refractivity contribution is 5.94. The normalized spacial score (nSPS) is 9.79. The number of hydrogen-bond donors (Lipinski definition) is 1. The molecule has 1 N–H and O–H groups in total. The Morgan fingerprint density at radius 3 is 2.53 bits per heavy atom. The van der Waals surface area contributed by atoms with Crippen molar-refractivity contribution in [3.05, 3.63) is 47.8 Å². The fourth-order valence-corrected chi connectivity index (χ4v) is 1.37. The molecule has 0 unspecified atom stereocenters. The molecule has 0 radical (unpaired) electrons. The minimum atomic E-state index is -0.460. The van der Waals surface area contributed by atoms with Crippen LogP contribution in [0.4, 0.5) is 4.39 Å². The maximum absolute atomic E-state index is 12.7. The number of carbonyl (C=O) groups excluding carboxylic acids is 2. The number of benzene rings is 1. The van der Waals surface area contributed by atoms with Crippen LogP contribution in [0.5, 0.6) is 0 Å². The summed E-state index contributed by atoms with van der Waals surface area (Å²) in [5.74, 6) is -1.18. The maximum atomic E-state index is 12.7. The summed E-state index contributed by atoms with van der Waals surface area (Å²) in [6.45, 7) is 5.85. The van der Waals surface area contributed by atoms with Crippen LogP contribution in [0.3, 0.4) is 0 Å². The lowest BCUT2D eigenvalue weighted by Crippen LogP contribution is -2.25. The molecule has 1 aromatic carbocycles. The Labute approximate surface area is 111 Å². The minimum Gasteiger partial charge on any atom is -0.463 e. The second-order valence-corrected chi connectivity index (χ2v) is 3.84. The number of halogens is 1. The van der Waals surface area contributed by atoms with Crippen LogP contribution in [0.25, 0.3) is 0 Å². The quantitative estimate of drug-likeness (QED) is 0.632. The van der Waals surface area contributed by atoms with Gasteiger partial charge in [0.1, 0.15) is 5.82 Å². The van der Waals surface area contributed by atoms with Crippen LogP contribution in [0.15, 0.2) is 36.4 Å². The molecule has 0 spiro atoms. The van der Waals surface area contributed by atoms with Crippen LogP contribution in [0, 0.1) is 5.82 Å². The molecule has 1 aromatic rings. The number of nitrogens with one attached hydrogen (secondary N) is 1. The van der Waals surface area contributed by atoms with Gasteiger partial charge < -0.3 is 10.1 Å². The molecular formula is C14H16FNO3. The van der Waals surface area contributed by atoms with Crippen LogP contribution in [-0.4, -0.2) is 25.0 Å². The summed E-state index contributed by atoms with van der Waals surface area (Å²) in [6, 6.07) is 5.22. The number of carbonyl (C=O) groups is 2. The zero-order valence-corrected chi connectivity index (χ0v) is 10.7. The summed E-state index contributed by atoms with van der Waals surface area (Å²) in [6.07, 6.45) is 0.311. The Kier molecular flexibility index (Phi) is 5.73. The van der Waals surface area contributed by atoms with Gasteiger partial charge in [0.15, 0.2) is 0 Å². The Balaban J connectivity index is 2.37. The van der Waals surface area contributed by atoms with E-state index in [1.165, 1.54) is 24.3 Å². The lowest BCUT2D eigenvalue weighted by molar-refractivity contribution is -0.138. The summed E-state index contributed by atoms with van der Waals surface area (Å²) >= 11 is 0. The highest BCUT2D eigenvalue weighted by Crippen LogP contribution is 2.03. The molecule has 5 heteroatoms. The van der Waals surface area contributed by atoms with Crippen molar-refractivity contribution in [1.29, 1.82) is 0 Å². The molecular weight excluding hydrogens is 249 g/mol. The molecule has 0 fully saturated rings. The lowest BCUT2D eigenvalue weighted by atomic mass is 10.2. The maximum Gasteiger partial charge on any atom is 0.333 e. The molecule has 0 atom stereocenters. The van der Waals surface area contributed by atoms with Crippen LogP contribution in [0.1, 0.15) is 23.7 Å². The number of ether oxygens (including phenoxy) is 1. The summed E-state index contributed by atoms with van der Waals surface area (Å²) in [5, 5.41) is 2.62. The molecule has 102 valence electrons. The molecule has 0 aliphatic rings. The van der Waals surface area contributed by atoms with Gasteiger partial charge in [0, 0.05) is 17.7 Å². The third-order valence-corrected chi connectivity index (χ3v) is 2.38. The first kappa shape index (κ1) is 14.9. The van der Waals surface area contributed by atoms with Crippen molar-refractivity contribution >= 4 is 11.9 Å². The molecule has 0 bridgehead atoms. The third-order valence-electron chi connectivity index (χ3n) is 2.38. The second-order valence-electron chi connectivity index (χ2n) is 3.84. The largest absolute Gasteiger partial charge is 0.463 e. The van der Waals surface area contributed by atoms with Gasteiger partial charge in [-0.3, -0.25) is 4.79 Å². The van der Waals surface area contributed by atoms with E-state index in [1.807, 2.05) is 0 Å². The fourth-order valence-electron chi connectivity index (χ4n) is 1.37. The molecule has 0 aliphatic carbocycles. The van der Waals surface area contributed by atoms with Gasteiger partial charge in [0.25, 0.3) is 5.91 Å². The van der Waals surface area contributed by atoms with E-state index in [0.29, 0.717) is 24.2 Å². The average Bonchev–Trinajstić information content (AvgIpc) is 2.39. The zero-order valence-electron chi connectivity index (χ0n) is 10.7. The molecule has 1 rings (SSSR count). The van der Waals surface area contributed by atoms with Crippen LogP contribution in [0.2, 0.25) is 0 Å². The molecule has 0 saturated heterocycles. The van der Waals surface area contributed by atoms with Gasteiger partial charge in [-0.25, -0.2) is 9.18 Å². The van der Waals surface area contributed by atoms with E-state index < -0.39 is 11.8 Å². The molecule has 1 amide bonds. The van der Waals surface area contributed by atoms with Crippen LogP contribution < -0.4 is 5.32 Å². The number of rotatable bonds is 6. The second kappa shape index (κ2) is 7.31. The summed E-state index contributed by atoms with van der Waals surface area (Å²) in [4.78, 5) is 22.9. The van der Waals surface area contributed by atoms with Crippen LogP contribution in [-0.2, 0) is 9.53 Å². The van der Waals surface area contributed by atoms with Crippen molar-refractivity contribution in [3.63, 3.8) is 0 Å². The predicted octanol–water partition coefficient (Wildman–Crippen LogP) is 2.06. The smallest absolute Gasteiger partial charge is 0.333 e. The summed E-state index contributed by atoms with van der Waals surface area (Å²) < 4.78 is 17.4. The van der Waals surface area contributed by atoms with E-state index in [9.17, 15) is 14.0 Å². The standard InChI is InChI=1S/C14H16FNO3/c1-3-19-14(18)10(2)8-9-16-13(17)11-4-6-12(15)7-5-11/h4-7H,2-3,8-9H2,1H3,(H,16,17). The molecule has 0 saturated carbocycles. The first-order valence-corrected chi connectivity index (χ1v) is 5.93. The highest BCUT2D eigenvalue weighted by Gasteiger charge is 2.09. The molecule has 4 nitrogen and oxygen atoms in total. The first-order valence-electron chi connectivity index (χ1n) is 5.93. The first-order chi connectivity index (χ1) is 9.04. The third kappa shape index (κ3) is 4.91. The Hall–Kier alpha value is -2.17. The van der Waals surface area contributed by atoms with Crippen molar-refractivity contribution in [2.24, 2.45) is 0 Å². The fraction of sp³-hybridized carbons (Fsp3) is 0.286. The van der Waals surface area contributed by atoms with E-state index >= 15 is 0 Å². The van der Waals surface area contributed by atoms with E-state index in [4.69, 9.17) is 4.74 Å². The lowest BCUT2D eigenvalue weighted by Gasteiger charge is -2.07. The zero-order chi connectivity index (χ0) is 14.3. The van der Waals surface area contributed by atoms with Crippen molar-refractivity contribution in [2.75, 3.05) is 13.2 Å². The Morgan fingerprint density at radius 2 is 1.95 bits per heavy atom. The van der Waals surface area contributed by atoms with Gasteiger partial charge in [-0.2, -0.15) is 0 Å². The molecule has 0 aliphatic heterocycles. The number of hydrogen-bond acceptors (Lipinski definition) is 3. The van der Waals surface area contributed by atoms with Crippen molar-refractivity contribution in [2.45, 2.75) is 13.3 Å². The van der Waals surface area contributed by atoms with Gasteiger partial charge in [-0.05, 0) is 37.6 Å². The van der Waals surface area contributed by atoms with Gasteiger partial charge in [-0.1, -0.05) is 6.58 Å². The van der Waals surface area contributed by atoms with E-state index in [2.05, 4.69) is 11.9 Å². The monoisotopic (exact) mass is 265 g/mol. The van der Waals surface area contributed by atoms with Crippen molar-refractivity contribution < 1.29 is 18.7 Å².